The highest BCUT2D eigenvalue weighted by molar-refractivity contribution is 5.86. The highest BCUT2D eigenvalue weighted by atomic mass is 35.5. The van der Waals surface area contributed by atoms with Crippen molar-refractivity contribution in [3.63, 3.8) is 0 Å². The van der Waals surface area contributed by atoms with Crippen molar-refractivity contribution in [1.29, 1.82) is 0 Å². The van der Waals surface area contributed by atoms with Crippen LogP contribution in [0.5, 0.6) is 0 Å². The van der Waals surface area contributed by atoms with E-state index in [2.05, 4.69) is 19.2 Å². The molecular formula is C17H25ClN2O2. The quantitative estimate of drug-likeness (QED) is 0.855. The van der Waals surface area contributed by atoms with E-state index in [1.807, 2.05) is 37.3 Å². The Bertz CT molecular complexity index is 576. The van der Waals surface area contributed by atoms with Crippen LogP contribution in [-0.2, 0) is 4.79 Å². The van der Waals surface area contributed by atoms with Crippen LogP contribution in [0.3, 0.4) is 0 Å². The minimum absolute atomic E-state index is 0. The summed E-state index contributed by atoms with van der Waals surface area (Å²) in [5.41, 5.74) is 6.54. The van der Waals surface area contributed by atoms with Crippen molar-refractivity contribution in [2.75, 3.05) is 6.54 Å². The molecule has 1 aromatic carbocycles. The molecule has 3 N–H and O–H groups in total. The smallest absolute Gasteiger partial charge is 0.230 e. The zero-order chi connectivity index (χ0) is 15.4. The molecule has 2 aromatic rings. The Kier molecular flexibility index (Phi) is 6.91. The summed E-state index contributed by atoms with van der Waals surface area (Å²) in [6.07, 6.45) is 0.884. The van der Waals surface area contributed by atoms with Gasteiger partial charge in [0.2, 0.25) is 5.91 Å². The Morgan fingerprint density at radius 1 is 1.27 bits per heavy atom. The Hall–Kier alpha value is -1.52. The first-order valence-electron chi connectivity index (χ1n) is 7.50. The summed E-state index contributed by atoms with van der Waals surface area (Å²) in [6, 6.07) is 9.72. The van der Waals surface area contributed by atoms with Crippen LogP contribution in [0.1, 0.15) is 38.9 Å². The van der Waals surface area contributed by atoms with E-state index in [-0.39, 0.29) is 30.3 Å². The molecule has 0 aliphatic rings. The summed E-state index contributed by atoms with van der Waals surface area (Å²) in [4.78, 5) is 12.3. The first-order valence-corrected chi connectivity index (χ1v) is 7.50. The first kappa shape index (κ1) is 18.5. The highest BCUT2D eigenvalue weighted by Gasteiger charge is 2.22. The molecule has 1 aromatic heterocycles. The maximum atomic E-state index is 12.3. The van der Waals surface area contributed by atoms with Gasteiger partial charge in [-0.05, 0) is 31.4 Å². The molecule has 0 saturated heterocycles. The molecule has 5 heteroatoms. The van der Waals surface area contributed by atoms with E-state index in [9.17, 15) is 4.79 Å². The van der Waals surface area contributed by atoms with Gasteiger partial charge in [0.05, 0.1) is 5.92 Å². The summed E-state index contributed by atoms with van der Waals surface area (Å²) in [5.74, 6) is 0.832. The van der Waals surface area contributed by atoms with Crippen LogP contribution in [0.15, 0.2) is 34.7 Å². The van der Waals surface area contributed by atoms with Crippen LogP contribution in [0.4, 0.5) is 0 Å². The van der Waals surface area contributed by atoms with Gasteiger partial charge < -0.3 is 15.5 Å². The third-order valence-corrected chi connectivity index (χ3v) is 3.65. The number of benzene rings is 1. The Balaban J connectivity index is 0.00000242. The van der Waals surface area contributed by atoms with E-state index in [4.69, 9.17) is 10.2 Å². The van der Waals surface area contributed by atoms with E-state index in [0.29, 0.717) is 18.2 Å². The number of fused-ring (bicyclic) bond motifs is 1. The van der Waals surface area contributed by atoms with Gasteiger partial charge in [0.15, 0.2) is 0 Å². The lowest BCUT2D eigenvalue weighted by Crippen LogP contribution is -2.42. The standard InChI is InChI=1S/C17H24N2O2.ClH/c1-11(2)8-14(10-18)19-17(20)12(3)16-9-13-6-4-5-7-15(13)21-16;/h4-7,9,11-12,14H,8,10,18H2,1-3H3,(H,19,20);1H. The number of carbonyl (C=O) groups is 1. The fraction of sp³-hybridized carbons (Fsp3) is 0.471. The Morgan fingerprint density at radius 3 is 2.55 bits per heavy atom. The van der Waals surface area contributed by atoms with Gasteiger partial charge in [-0.1, -0.05) is 32.0 Å². The number of para-hydroxylation sites is 1. The van der Waals surface area contributed by atoms with Gasteiger partial charge in [-0.15, -0.1) is 12.4 Å². The summed E-state index contributed by atoms with van der Waals surface area (Å²) >= 11 is 0. The molecule has 0 fully saturated rings. The zero-order valence-electron chi connectivity index (χ0n) is 13.3. The number of nitrogens with one attached hydrogen (secondary N) is 1. The molecule has 4 nitrogen and oxygen atoms in total. The van der Waals surface area contributed by atoms with E-state index in [1.165, 1.54) is 0 Å². The molecule has 0 aliphatic carbocycles. The summed E-state index contributed by atoms with van der Waals surface area (Å²) in [5, 5.41) is 4.03. The molecule has 1 amide bonds. The minimum Gasteiger partial charge on any atom is -0.460 e. The van der Waals surface area contributed by atoms with E-state index in [1.54, 1.807) is 0 Å². The van der Waals surface area contributed by atoms with Gasteiger partial charge in [0.25, 0.3) is 0 Å². The van der Waals surface area contributed by atoms with E-state index in [0.717, 1.165) is 17.4 Å². The Morgan fingerprint density at radius 2 is 1.95 bits per heavy atom. The second kappa shape index (κ2) is 8.20. The van der Waals surface area contributed by atoms with Gasteiger partial charge in [-0.2, -0.15) is 0 Å². The third-order valence-electron chi connectivity index (χ3n) is 3.65. The lowest BCUT2D eigenvalue weighted by atomic mass is 10.0. The van der Waals surface area contributed by atoms with Crippen molar-refractivity contribution in [2.24, 2.45) is 11.7 Å². The van der Waals surface area contributed by atoms with Crippen LogP contribution in [-0.4, -0.2) is 18.5 Å². The number of furan rings is 1. The van der Waals surface area contributed by atoms with E-state index >= 15 is 0 Å². The monoisotopic (exact) mass is 324 g/mol. The zero-order valence-corrected chi connectivity index (χ0v) is 14.2. The molecule has 122 valence electrons. The van der Waals surface area contributed by atoms with Gasteiger partial charge in [0, 0.05) is 18.0 Å². The maximum Gasteiger partial charge on any atom is 0.230 e. The van der Waals surface area contributed by atoms with Gasteiger partial charge in [-0.25, -0.2) is 0 Å². The topological polar surface area (TPSA) is 68.3 Å². The molecule has 22 heavy (non-hydrogen) atoms. The van der Waals surface area contributed by atoms with Crippen LogP contribution >= 0.6 is 12.4 Å². The van der Waals surface area contributed by atoms with Crippen LogP contribution in [0.25, 0.3) is 11.0 Å². The Labute approximate surface area is 137 Å². The number of carbonyl (C=O) groups excluding carboxylic acids is 1. The lowest BCUT2D eigenvalue weighted by molar-refractivity contribution is -0.123. The molecule has 2 atom stereocenters. The maximum absolute atomic E-state index is 12.3. The predicted molar refractivity (Wildman–Crippen MR) is 92.3 cm³/mol. The summed E-state index contributed by atoms with van der Waals surface area (Å²) < 4.78 is 5.76. The van der Waals surface area contributed by atoms with Crippen molar-refractivity contribution in [3.05, 3.63) is 36.1 Å². The molecular weight excluding hydrogens is 300 g/mol. The summed E-state index contributed by atoms with van der Waals surface area (Å²) in [7, 11) is 0. The molecule has 0 spiro atoms. The van der Waals surface area contributed by atoms with Crippen LogP contribution in [0.2, 0.25) is 0 Å². The second-order valence-electron chi connectivity index (χ2n) is 5.98. The molecule has 1 heterocycles. The SMILES string of the molecule is CC(C)CC(CN)NC(=O)C(C)c1cc2ccccc2o1.Cl. The van der Waals surface area contributed by atoms with Crippen molar-refractivity contribution < 1.29 is 9.21 Å². The third kappa shape index (κ3) is 4.49. The fourth-order valence-corrected chi connectivity index (χ4v) is 2.45. The first-order chi connectivity index (χ1) is 10.0. The van der Waals surface area contributed by atoms with Crippen molar-refractivity contribution in [2.45, 2.75) is 39.2 Å². The normalized spacial score (nSPS) is 13.7. The van der Waals surface area contributed by atoms with Crippen molar-refractivity contribution >= 4 is 29.3 Å². The van der Waals surface area contributed by atoms with Gasteiger partial charge in [-0.3, -0.25) is 4.79 Å². The highest BCUT2D eigenvalue weighted by Crippen LogP contribution is 2.25. The number of hydrogen-bond acceptors (Lipinski definition) is 3. The number of amides is 1. The molecule has 0 radical (unpaired) electrons. The van der Waals surface area contributed by atoms with Crippen LogP contribution in [0, 0.1) is 5.92 Å². The minimum atomic E-state index is -0.321. The predicted octanol–water partition coefficient (Wildman–Crippen LogP) is 3.45. The van der Waals surface area contributed by atoms with Crippen LogP contribution < -0.4 is 11.1 Å². The molecule has 0 aliphatic heterocycles. The average Bonchev–Trinajstić information content (AvgIpc) is 2.88. The lowest BCUT2D eigenvalue weighted by Gasteiger charge is -2.20. The average molecular weight is 325 g/mol. The van der Waals surface area contributed by atoms with E-state index < -0.39 is 0 Å². The number of rotatable bonds is 6. The molecule has 2 rings (SSSR count). The summed E-state index contributed by atoms with van der Waals surface area (Å²) in [6.45, 7) is 6.56. The molecule has 2 unspecified atom stereocenters. The fourth-order valence-electron chi connectivity index (χ4n) is 2.45. The van der Waals surface area contributed by atoms with Gasteiger partial charge in [0.1, 0.15) is 11.3 Å². The van der Waals surface area contributed by atoms with Crippen molar-refractivity contribution in [3.8, 4) is 0 Å². The van der Waals surface area contributed by atoms with Crippen molar-refractivity contribution in [1.82, 2.24) is 5.32 Å². The number of hydrogen-bond donors (Lipinski definition) is 2. The molecule has 0 bridgehead atoms. The number of halogens is 1. The number of nitrogens with two attached hydrogens (primary N) is 1. The largest absolute Gasteiger partial charge is 0.460 e. The molecule has 0 saturated carbocycles. The van der Waals surface area contributed by atoms with Gasteiger partial charge >= 0.3 is 0 Å². The second-order valence-corrected chi connectivity index (χ2v) is 5.98.